The van der Waals surface area contributed by atoms with E-state index in [9.17, 15) is 14.4 Å². The SMILES string of the molecule is CC(=O)Nc1ccc(NC(=O)CN2CCN(C=O)CC2)cc1. The highest BCUT2D eigenvalue weighted by molar-refractivity contribution is 5.93. The third kappa shape index (κ3) is 4.85. The number of carbonyl (C=O) groups is 3. The maximum atomic E-state index is 12.0. The average Bonchev–Trinajstić information content (AvgIpc) is 2.49. The van der Waals surface area contributed by atoms with Crippen molar-refractivity contribution in [2.45, 2.75) is 6.92 Å². The van der Waals surface area contributed by atoms with Crippen LogP contribution >= 0.6 is 0 Å². The summed E-state index contributed by atoms with van der Waals surface area (Å²) in [6, 6.07) is 6.96. The van der Waals surface area contributed by atoms with Crippen LogP contribution in [0, 0.1) is 0 Å². The zero-order valence-corrected chi connectivity index (χ0v) is 12.5. The number of benzene rings is 1. The molecular formula is C15H20N4O3. The van der Waals surface area contributed by atoms with Gasteiger partial charge in [0.05, 0.1) is 6.54 Å². The smallest absolute Gasteiger partial charge is 0.238 e. The summed E-state index contributed by atoms with van der Waals surface area (Å²) in [5.74, 6) is -0.224. The molecule has 1 heterocycles. The molecule has 1 saturated heterocycles. The van der Waals surface area contributed by atoms with Gasteiger partial charge in [0.1, 0.15) is 0 Å². The van der Waals surface area contributed by atoms with Gasteiger partial charge in [0.25, 0.3) is 0 Å². The zero-order valence-electron chi connectivity index (χ0n) is 12.5. The summed E-state index contributed by atoms with van der Waals surface area (Å²) < 4.78 is 0. The third-order valence-corrected chi connectivity index (χ3v) is 3.41. The zero-order chi connectivity index (χ0) is 15.9. The van der Waals surface area contributed by atoms with E-state index in [4.69, 9.17) is 0 Å². The van der Waals surface area contributed by atoms with Crippen LogP contribution in [0.3, 0.4) is 0 Å². The Morgan fingerprint density at radius 1 is 1.05 bits per heavy atom. The molecule has 7 heteroatoms. The number of nitrogens with one attached hydrogen (secondary N) is 2. The van der Waals surface area contributed by atoms with Crippen molar-refractivity contribution in [3.05, 3.63) is 24.3 Å². The Morgan fingerprint density at radius 2 is 1.59 bits per heavy atom. The van der Waals surface area contributed by atoms with Crippen LogP contribution in [0.5, 0.6) is 0 Å². The molecule has 1 aliphatic rings. The van der Waals surface area contributed by atoms with Crippen molar-refractivity contribution in [3.8, 4) is 0 Å². The second-order valence-corrected chi connectivity index (χ2v) is 5.22. The monoisotopic (exact) mass is 304 g/mol. The van der Waals surface area contributed by atoms with Crippen molar-refractivity contribution in [1.82, 2.24) is 9.80 Å². The van der Waals surface area contributed by atoms with Crippen LogP contribution in [-0.2, 0) is 14.4 Å². The van der Waals surface area contributed by atoms with Crippen molar-refractivity contribution < 1.29 is 14.4 Å². The fraction of sp³-hybridized carbons (Fsp3) is 0.400. The van der Waals surface area contributed by atoms with E-state index < -0.39 is 0 Å². The summed E-state index contributed by atoms with van der Waals surface area (Å²) in [6.45, 7) is 4.46. The number of hydrogen-bond acceptors (Lipinski definition) is 4. The fourth-order valence-electron chi connectivity index (χ4n) is 2.27. The summed E-state index contributed by atoms with van der Waals surface area (Å²) in [4.78, 5) is 37.3. The van der Waals surface area contributed by atoms with E-state index in [1.165, 1.54) is 6.92 Å². The molecule has 7 nitrogen and oxygen atoms in total. The summed E-state index contributed by atoms with van der Waals surface area (Å²) in [5, 5.41) is 5.49. The summed E-state index contributed by atoms with van der Waals surface area (Å²) in [5.41, 5.74) is 1.38. The Bertz CT molecular complexity index is 536. The van der Waals surface area contributed by atoms with Crippen LogP contribution in [-0.4, -0.2) is 60.7 Å². The molecule has 2 N–H and O–H groups in total. The standard InChI is InChI=1S/C15H20N4O3/c1-12(21)16-13-2-4-14(5-3-13)17-15(22)10-18-6-8-19(11-20)9-7-18/h2-5,11H,6-10H2,1H3,(H,16,21)(H,17,22). The highest BCUT2D eigenvalue weighted by Crippen LogP contribution is 2.13. The highest BCUT2D eigenvalue weighted by Gasteiger charge is 2.17. The van der Waals surface area contributed by atoms with E-state index in [0.29, 0.717) is 44.1 Å². The summed E-state index contributed by atoms with van der Waals surface area (Å²) in [6.07, 6.45) is 0.841. The van der Waals surface area contributed by atoms with Crippen LogP contribution in [0.1, 0.15) is 6.92 Å². The van der Waals surface area contributed by atoms with Crippen LogP contribution in [0.4, 0.5) is 11.4 Å². The maximum Gasteiger partial charge on any atom is 0.238 e. The van der Waals surface area contributed by atoms with Gasteiger partial charge < -0.3 is 15.5 Å². The molecule has 0 aliphatic carbocycles. The maximum absolute atomic E-state index is 12.0. The number of nitrogens with zero attached hydrogens (tertiary/aromatic N) is 2. The van der Waals surface area contributed by atoms with E-state index in [1.807, 2.05) is 4.90 Å². The molecule has 0 atom stereocenters. The van der Waals surface area contributed by atoms with Gasteiger partial charge in [-0.25, -0.2) is 0 Å². The van der Waals surface area contributed by atoms with Gasteiger partial charge in [-0.05, 0) is 24.3 Å². The van der Waals surface area contributed by atoms with Gasteiger partial charge in [0.2, 0.25) is 18.2 Å². The van der Waals surface area contributed by atoms with Gasteiger partial charge in [0.15, 0.2) is 0 Å². The van der Waals surface area contributed by atoms with Gasteiger partial charge in [0, 0.05) is 44.5 Å². The highest BCUT2D eigenvalue weighted by atomic mass is 16.2. The molecule has 1 fully saturated rings. The molecule has 2 rings (SSSR count). The van der Waals surface area contributed by atoms with Crippen molar-refractivity contribution in [1.29, 1.82) is 0 Å². The lowest BCUT2D eigenvalue weighted by Crippen LogP contribution is -2.48. The Balaban J connectivity index is 1.79. The van der Waals surface area contributed by atoms with Gasteiger partial charge in [-0.1, -0.05) is 0 Å². The number of hydrogen-bond donors (Lipinski definition) is 2. The third-order valence-electron chi connectivity index (χ3n) is 3.41. The number of rotatable bonds is 5. The average molecular weight is 304 g/mol. The fourth-order valence-corrected chi connectivity index (χ4v) is 2.27. The quantitative estimate of drug-likeness (QED) is 0.770. The van der Waals surface area contributed by atoms with Gasteiger partial charge >= 0.3 is 0 Å². The largest absolute Gasteiger partial charge is 0.343 e. The molecule has 0 unspecified atom stereocenters. The molecule has 22 heavy (non-hydrogen) atoms. The number of piperazine rings is 1. The Morgan fingerprint density at radius 3 is 2.09 bits per heavy atom. The molecule has 1 aromatic rings. The van der Waals surface area contributed by atoms with Crippen molar-refractivity contribution in [3.63, 3.8) is 0 Å². The molecule has 0 spiro atoms. The van der Waals surface area contributed by atoms with Gasteiger partial charge in [-0.3, -0.25) is 19.3 Å². The Hall–Kier alpha value is -2.41. The molecule has 3 amide bonds. The van der Waals surface area contributed by atoms with E-state index in [2.05, 4.69) is 10.6 Å². The predicted octanol–water partition coefficient (Wildman–Crippen LogP) is 0.357. The van der Waals surface area contributed by atoms with Crippen LogP contribution in [0.25, 0.3) is 0 Å². The second kappa shape index (κ2) is 7.56. The first-order valence-electron chi connectivity index (χ1n) is 7.16. The van der Waals surface area contributed by atoms with E-state index >= 15 is 0 Å². The Labute approximate surface area is 129 Å². The molecule has 0 saturated carbocycles. The molecule has 0 bridgehead atoms. The van der Waals surface area contributed by atoms with Crippen molar-refractivity contribution >= 4 is 29.6 Å². The molecule has 1 aliphatic heterocycles. The van der Waals surface area contributed by atoms with Crippen LogP contribution < -0.4 is 10.6 Å². The van der Waals surface area contributed by atoms with E-state index in [1.54, 1.807) is 29.2 Å². The van der Waals surface area contributed by atoms with Crippen LogP contribution in [0.2, 0.25) is 0 Å². The van der Waals surface area contributed by atoms with E-state index in [-0.39, 0.29) is 11.8 Å². The lowest BCUT2D eigenvalue weighted by atomic mass is 10.2. The molecule has 0 radical (unpaired) electrons. The first-order valence-corrected chi connectivity index (χ1v) is 7.16. The van der Waals surface area contributed by atoms with Crippen molar-refractivity contribution in [2.75, 3.05) is 43.4 Å². The van der Waals surface area contributed by atoms with Crippen LogP contribution in [0.15, 0.2) is 24.3 Å². The molecule has 1 aromatic carbocycles. The van der Waals surface area contributed by atoms with Gasteiger partial charge in [-0.2, -0.15) is 0 Å². The first kappa shape index (κ1) is 16.0. The normalized spacial score (nSPS) is 15.2. The Kier molecular flexibility index (Phi) is 5.48. The van der Waals surface area contributed by atoms with E-state index in [0.717, 1.165) is 6.41 Å². The summed E-state index contributed by atoms with van der Waals surface area (Å²) >= 11 is 0. The number of anilines is 2. The number of amides is 3. The lowest BCUT2D eigenvalue weighted by Gasteiger charge is -2.31. The topological polar surface area (TPSA) is 81.8 Å². The number of carbonyl (C=O) groups excluding carboxylic acids is 3. The first-order chi connectivity index (χ1) is 10.6. The minimum absolute atomic E-state index is 0.0909. The van der Waals surface area contributed by atoms with Crippen molar-refractivity contribution in [2.24, 2.45) is 0 Å². The minimum atomic E-state index is -0.133. The minimum Gasteiger partial charge on any atom is -0.343 e. The summed E-state index contributed by atoms with van der Waals surface area (Å²) in [7, 11) is 0. The molecule has 118 valence electrons. The molecular weight excluding hydrogens is 284 g/mol. The second-order valence-electron chi connectivity index (χ2n) is 5.22. The van der Waals surface area contributed by atoms with Gasteiger partial charge in [-0.15, -0.1) is 0 Å². The predicted molar refractivity (Wildman–Crippen MR) is 83.5 cm³/mol. The molecule has 0 aromatic heterocycles. The lowest BCUT2D eigenvalue weighted by molar-refractivity contribution is -0.121.